The maximum absolute atomic E-state index is 13.8. The lowest BCUT2D eigenvalue weighted by molar-refractivity contribution is 0.0693. The van der Waals surface area contributed by atoms with Gasteiger partial charge >= 0.3 is 0 Å². The second-order valence-corrected chi connectivity index (χ2v) is 5.40. The van der Waals surface area contributed by atoms with Crippen LogP contribution in [-0.4, -0.2) is 36.5 Å². The number of likely N-dealkylation sites (N-methyl/N-ethyl adjacent to an activating group) is 1. The summed E-state index contributed by atoms with van der Waals surface area (Å²) in [6.45, 7) is 3.73. The number of carbonyl (C=O) groups is 1. The SMILES string of the molecule is CCN(C(=O)c1c(F)cc(Br)cc1F)C1CCNC1. The van der Waals surface area contributed by atoms with E-state index in [-0.39, 0.29) is 10.5 Å². The Morgan fingerprint density at radius 2 is 2.11 bits per heavy atom. The summed E-state index contributed by atoms with van der Waals surface area (Å²) in [6, 6.07) is 2.22. The fourth-order valence-electron chi connectivity index (χ4n) is 2.36. The minimum atomic E-state index is -0.832. The molecule has 2 rings (SSSR count). The maximum atomic E-state index is 13.8. The van der Waals surface area contributed by atoms with Crippen molar-refractivity contribution in [1.82, 2.24) is 10.2 Å². The van der Waals surface area contributed by atoms with E-state index in [4.69, 9.17) is 0 Å². The smallest absolute Gasteiger partial charge is 0.260 e. The van der Waals surface area contributed by atoms with Crippen LogP contribution in [0, 0.1) is 11.6 Å². The Bertz CT molecular complexity index is 467. The largest absolute Gasteiger partial charge is 0.334 e. The zero-order valence-corrected chi connectivity index (χ0v) is 12.1. The molecule has 0 bridgehead atoms. The number of hydrogen-bond acceptors (Lipinski definition) is 2. The molecule has 1 aromatic carbocycles. The predicted octanol–water partition coefficient (Wildman–Crippen LogP) is 2.55. The average Bonchev–Trinajstić information content (AvgIpc) is 2.82. The molecule has 1 aromatic rings. The van der Waals surface area contributed by atoms with Gasteiger partial charge in [-0.05, 0) is 32.0 Å². The van der Waals surface area contributed by atoms with Crippen molar-refractivity contribution < 1.29 is 13.6 Å². The number of halogens is 3. The molecule has 0 aromatic heterocycles. The van der Waals surface area contributed by atoms with Crippen LogP contribution in [0.4, 0.5) is 8.78 Å². The Kier molecular flexibility index (Phi) is 4.52. The lowest BCUT2D eigenvalue weighted by atomic mass is 10.1. The summed E-state index contributed by atoms with van der Waals surface area (Å²) >= 11 is 3.00. The first kappa shape index (κ1) is 14.4. The molecule has 1 aliphatic rings. The summed E-state index contributed by atoms with van der Waals surface area (Å²) in [5.74, 6) is -2.25. The van der Waals surface area contributed by atoms with Crippen LogP contribution in [0.1, 0.15) is 23.7 Å². The van der Waals surface area contributed by atoms with Crippen LogP contribution in [-0.2, 0) is 0 Å². The maximum Gasteiger partial charge on any atom is 0.260 e. The van der Waals surface area contributed by atoms with Gasteiger partial charge in [0.2, 0.25) is 0 Å². The number of hydrogen-bond donors (Lipinski definition) is 1. The van der Waals surface area contributed by atoms with Gasteiger partial charge in [0.15, 0.2) is 0 Å². The van der Waals surface area contributed by atoms with Crippen LogP contribution in [0.5, 0.6) is 0 Å². The highest BCUT2D eigenvalue weighted by Gasteiger charge is 2.29. The van der Waals surface area contributed by atoms with E-state index in [1.54, 1.807) is 0 Å². The van der Waals surface area contributed by atoms with Crippen molar-refractivity contribution in [2.24, 2.45) is 0 Å². The molecule has 0 aliphatic carbocycles. The van der Waals surface area contributed by atoms with Gasteiger partial charge < -0.3 is 10.2 Å². The Morgan fingerprint density at radius 1 is 1.47 bits per heavy atom. The van der Waals surface area contributed by atoms with Crippen molar-refractivity contribution in [2.45, 2.75) is 19.4 Å². The third-order valence-corrected chi connectivity index (χ3v) is 3.76. The number of nitrogens with one attached hydrogen (secondary N) is 1. The van der Waals surface area contributed by atoms with Gasteiger partial charge in [0, 0.05) is 23.6 Å². The van der Waals surface area contributed by atoms with E-state index in [0.29, 0.717) is 13.1 Å². The van der Waals surface area contributed by atoms with Crippen LogP contribution in [0.15, 0.2) is 16.6 Å². The third-order valence-electron chi connectivity index (χ3n) is 3.30. The van der Waals surface area contributed by atoms with Crippen molar-refractivity contribution in [3.8, 4) is 0 Å². The highest BCUT2D eigenvalue weighted by molar-refractivity contribution is 9.10. The Hall–Kier alpha value is -1.01. The minimum Gasteiger partial charge on any atom is -0.334 e. The van der Waals surface area contributed by atoms with Crippen molar-refractivity contribution in [3.63, 3.8) is 0 Å². The van der Waals surface area contributed by atoms with E-state index in [0.717, 1.165) is 25.1 Å². The molecule has 1 unspecified atom stereocenters. The van der Waals surface area contributed by atoms with Gasteiger partial charge in [-0.15, -0.1) is 0 Å². The fraction of sp³-hybridized carbons (Fsp3) is 0.462. The summed E-state index contributed by atoms with van der Waals surface area (Å²) in [6.07, 6.45) is 0.805. The highest BCUT2D eigenvalue weighted by atomic mass is 79.9. The van der Waals surface area contributed by atoms with Crippen molar-refractivity contribution in [3.05, 3.63) is 33.8 Å². The molecule has 1 saturated heterocycles. The van der Waals surface area contributed by atoms with E-state index < -0.39 is 23.1 Å². The molecule has 104 valence electrons. The molecule has 1 aliphatic heterocycles. The van der Waals surface area contributed by atoms with Gasteiger partial charge in [-0.3, -0.25) is 4.79 Å². The lowest BCUT2D eigenvalue weighted by Crippen LogP contribution is -2.42. The molecule has 1 N–H and O–H groups in total. The molecule has 1 amide bonds. The van der Waals surface area contributed by atoms with Crippen molar-refractivity contribution in [1.29, 1.82) is 0 Å². The first-order valence-corrected chi connectivity index (χ1v) is 7.00. The number of carbonyl (C=O) groups excluding carboxylic acids is 1. The monoisotopic (exact) mass is 332 g/mol. The van der Waals surface area contributed by atoms with E-state index >= 15 is 0 Å². The second-order valence-electron chi connectivity index (χ2n) is 4.48. The van der Waals surface area contributed by atoms with Crippen LogP contribution in [0.25, 0.3) is 0 Å². The zero-order valence-electron chi connectivity index (χ0n) is 10.5. The van der Waals surface area contributed by atoms with E-state index in [1.165, 1.54) is 4.90 Å². The van der Waals surface area contributed by atoms with Crippen molar-refractivity contribution in [2.75, 3.05) is 19.6 Å². The van der Waals surface area contributed by atoms with Gasteiger partial charge in [0.25, 0.3) is 5.91 Å². The van der Waals surface area contributed by atoms with Crippen LogP contribution < -0.4 is 5.32 Å². The standard InChI is InChI=1S/C13H15BrF2N2O/c1-2-18(9-3-4-17-7-9)13(19)12-10(15)5-8(14)6-11(12)16/h5-6,9,17H,2-4,7H2,1H3. The Labute approximate surface area is 119 Å². The van der Waals surface area contributed by atoms with Crippen LogP contribution in [0.2, 0.25) is 0 Å². The van der Waals surface area contributed by atoms with Gasteiger partial charge in [-0.25, -0.2) is 8.78 Å². The molecule has 1 heterocycles. The minimum absolute atomic E-state index is 0.0000492. The Morgan fingerprint density at radius 3 is 2.58 bits per heavy atom. The molecule has 1 atom stereocenters. The van der Waals surface area contributed by atoms with Gasteiger partial charge in [0.05, 0.1) is 0 Å². The summed E-state index contributed by atoms with van der Waals surface area (Å²) in [4.78, 5) is 13.8. The quantitative estimate of drug-likeness (QED) is 0.922. The zero-order chi connectivity index (χ0) is 14.0. The van der Waals surface area contributed by atoms with E-state index in [9.17, 15) is 13.6 Å². The molecular formula is C13H15BrF2N2O. The molecular weight excluding hydrogens is 318 g/mol. The van der Waals surface area contributed by atoms with Gasteiger partial charge in [-0.1, -0.05) is 15.9 Å². The molecule has 6 heteroatoms. The van der Waals surface area contributed by atoms with E-state index in [2.05, 4.69) is 21.2 Å². The number of benzene rings is 1. The summed E-state index contributed by atoms with van der Waals surface area (Å²) in [5, 5.41) is 3.14. The number of nitrogens with zero attached hydrogens (tertiary/aromatic N) is 1. The summed E-state index contributed by atoms with van der Waals surface area (Å²) in [7, 11) is 0. The normalized spacial score (nSPS) is 18.6. The topological polar surface area (TPSA) is 32.3 Å². The fourth-order valence-corrected chi connectivity index (χ4v) is 2.77. The predicted molar refractivity (Wildman–Crippen MR) is 72.0 cm³/mol. The molecule has 3 nitrogen and oxygen atoms in total. The summed E-state index contributed by atoms with van der Waals surface area (Å²) in [5.41, 5.74) is -0.475. The highest BCUT2D eigenvalue weighted by Crippen LogP contribution is 2.22. The first-order valence-electron chi connectivity index (χ1n) is 6.20. The Balaban J connectivity index is 2.32. The molecule has 0 radical (unpaired) electrons. The van der Waals surface area contributed by atoms with Gasteiger partial charge in [0.1, 0.15) is 17.2 Å². The molecule has 1 fully saturated rings. The van der Waals surface area contributed by atoms with Gasteiger partial charge in [-0.2, -0.15) is 0 Å². The molecule has 0 spiro atoms. The van der Waals surface area contributed by atoms with Crippen LogP contribution in [0.3, 0.4) is 0 Å². The summed E-state index contributed by atoms with van der Waals surface area (Å²) < 4.78 is 27.9. The average molecular weight is 333 g/mol. The number of amides is 1. The van der Waals surface area contributed by atoms with Crippen molar-refractivity contribution >= 4 is 21.8 Å². The lowest BCUT2D eigenvalue weighted by Gasteiger charge is -2.27. The van der Waals surface area contributed by atoms with Crippen LogP contribution >= 0.6 is 15.9 Å². The first-order chi connectivity index (χ1) is 9.04. The molecule has 0 saturated carbocycles. The van der Waals surface area contributed by atoms with E-state index in [1.807, 2.05) is 6.92 Å². The molecule has 19 heavy (non-hydrogen) atoms. The third kappa shape index (κ3) is 2.95. The number of rotatable bonds is 3. The second kappa shape index (κ2) is 5.96.